The topological polar surface area (TPSA) is 61.1 Å². The van der Waals surface area contributed by atoms with Crippen molar-refractivity contribution in [2.24, 2.45) is 5.41 Å². The first kappa shape index (κ1) is 7.96. The van der Waals surface area contributed by atoms with E-state index in [1.807, 2.05) is 6.07 Å². The fourth-order valence-corrected chi connectivity index (χ4v) is 0.418. The quantitative estimate of drug-likeness (QED) is 0.602. The Labute approximate surface area is 53.9 Å². The van der Waals surface area contributed by atoms with E-state index in [9.17, 15) is 4.79 Å². The van der Waals surface area contributed by atoms with E-state index < -0.39 is 11.4 Å². The molecule has 0 rings (SSSR count). The summed E-state index contributed by atoms with van der Waals surface area (Å²) >= 11 is 0. The van der Waals surface area contributed by atoms with Crippen LogP contribution < -0.4 is 0 Å². The molecule has 9 heavy (non-hydrogen) atoms. The van der Waals surface area contributed by atoms with Gasteiger partial charge in [0, 0.05) is 0 Å². The van der Waals surface area contributed by atoms with Crippen LogP contribution in [0.25, 0.3) is 0 Å². The highest BCUT2D eigenvalue weighted by Gasteiger charge is 2.20. The van der Waals surface area contributed by atoms with Gasteiger partial charge < -0.3 is 5.11 Å². The van der Waals surface area contributed by atoms with Gasteiger partial charge in [0.2, 0.25) is 0 Å². The van der Waals surface area contributed by atoms with Gasteiger partial charge in [-0.2, -0.15) is 5.26 Å². The molecular formula is C6H9NO2. The van der Waals surface area contributed by atoms with E-state index in [1.165, 1.54) is 0 Å². The van der Waals surface area contributed by atoms with Crippen molar-refractivity contribution in [2.45, 2.75) is 20.3 Å². The Morgan fingerprint density at radius 1 is 1.78 bits per heavy atom. The second kappa shape index (κ2) is 2.49. The van der Waals surface area contributed by atoms with Crippen molar-refractivity contribution in [3.8, 4) is 6.07 Å². The molecule has 3 heteroatoms. The lowest BCUT2D eigenvalue weighted by atomic mass is 9.92. The fraction of sp³-hybridized carbons (Fsp3) is 0.667. The van der Waals surface area contributed by atoms with Crippen LogP contribution in [0.2, 0.25) is 0 Å². The van der Waals surface area contributed by atoms with Crippen LogP contribution >= 0.6 is 0 Å². The van der Waals surface area contributed by atoms with E-state index in [4.69, 9.17) is 10.4 Å². The third-order valence-electron chi connectivity index (χ3n) is 0.896. The van der Waals surface area contributed by atoms with E-state index in [2.05, 4.69) is 0 Å². The molecule has 3 nitrogen and oxygen atoms in total. The van der Waals surface area contributed by atoms with Gasteiger partial charge in [0.25, 0.3) is 0 Å². The maximum Gasteiger partial charge on any atom is 0.304 e. The Kier molecular flexibility index (Phi) is 2.20. The molecule has 0 aromatic rings. The summed E-state index contributed by atoms with van der Waals surface area (Å²) in [7, 11) is 0. The zero-order valence-electron chi connectivity index (χ0n) is 5.51. The first-order valence-electron chi connectivity index (χ1n) is 2.61. The van der Waals surface area contributed by atoms with Gasteiger partial charge in [-0.3, -0.25) is 4.79 Å². The number of carboxylic acids is 1. The first-order chi connectivity index (χ1) is 3.98. The van der Waals surface area contributed by atoms with Gasteiger partial charge in [0.1, 0.15) is 0 Å². The normalized spacial score (nSPS) is 10.3. The minimum Gasteiger partial charge on any atom is -0.481 e. The van der Waals surface area contributed by atoms with Crippen molar-refractivity contribution < 1.29 is 9.90 Å². The van der Waals surface area contributed by atoms with Gasteiger partial charge in [-0.15, -0.1) is 0 Å². The Hall–Kier alpha value is -1.04. The summed E-state index contributed by atoms with van der Waals surface area (Å²) in [5, 5.41) is 16.6. The summed E-state index contributed by atoms with van der Waals surface area (Å²) in [4.78, 5) is 10.0. The van der Waals surface area contributed by atoms with Crippen LogP contribution in [-0.2, 0) is 4.79 Å². The maximum atomic E-state index is 10.0. The number of hydrogen-bond acceptors (Lipinski definition) is 2. The van der Waals surface area contributed by atoms with Crippen LogP contribution in [0.15, 0.2) is 0 Å². The molecule has 0 bridgehead atoms. The molecule has 0 saturated heterocycles. The highest BCUT2D eigenvalue weighted by molar-refractivity contribution is 5.68. The smallest absolute Gasteiger partial charge is 0.304 e. The number of nitriles is 1. The van der Waals surface area contributed by atoms with E-state index >= 15 is 0 Å². The summed E-state index contributed by atoms with van der Waals surface area (Å²) in [5.41, 5.74) is -0.730. The van der Waals surface area contributed by atoms with E-state index in [-0.39, 0.29) is 6.42 Å². The molecule has 0 saturated carbocycles. The van der Waals surface area contributed by atoms with Gasteiger partial charge in [-0.05, 0) is 13.8 Å². The molecule has 0 aromatic heterocycles. The molecule has 0 amide bonds. The highest BCUT2D eigenvalue weighted by atomic mass is 16.4. The van der Waals surface area contributed by atoms with Crippen LogP contribution in [-0.4, -0.2) is 11.1 Å². The summed E-state index contributed by atoms with van der Waals surface area (Å²) < 4.78 is 0. The van der Waals surface area contributed by atoms with Crippen LogP contribution in [0.4, 0.5) is 0 Å². The summed E-state index contributed by atoms with van der Waals surface area (Å²) in [6.45, 7) is 3.20. The monoisotopic (exact) mass is 127 g/mol. The molecule has 0 unspecified atom stereocenters. The summed E-state index contributed by atoms with van der Waals surface area (Å²) in [6, 6.07) is 1.89. The lowest BCUT2D eigenvalue weighted by Crippen LogP contribution is -2.13. The van der Waals surface area contributed by atoms with Crippen molar-refractivity contribution >= 4 is 5.97 Å². The third kappa shape index (κ3) is 3.53. The minimum absolute atomic E-state index is 0.0938. The SMILES string of the molecule is CC(C)(C#N)CC(=O)O. The Morgan fingerprint density at radius 2 is 2.22 bits per heavy atom. The molecule has 0 aromatic carbocycles. The average molecular weight is 127 g/mol. The van der Waals surface area contributed by atoms with Crippen molar-refractivity contribution in [2.75, 3.05) is 0 Å². The summed E-state index contributed by atoms with van der Waals surface area (Å²) in [5.74, 6) is -0.929. The second-order valence-corrected chi connectivity index (χ2v) is 2.57. The number of hydrogen-bond donors (Lipinski definition) is 1. The van der Waals surface area contributed by atoms with E-state index in [0.29, 0.717) is 0 Å². The largest absolute Gasteiger partial charge is 0.481 e. The lowest BCUT2D eigenvalue weighted by molar-refractivity contribution is -0.138. The molecule has 50 valence electrons. The number of nitrogens with zero attached hydrogens (tertiary/aromatic N) is 1. The van der Waals surface area contributed by atoms with E-state index in [1.54, 1.807) is 13.8 Å². The van der Waals surface area contributed by atoms with Gasteiger partial charge in [-0.1, -0.05) is 0 Å². The zero-order chi connectivity index (χ0) is 7.49. The Bertz CT molecular complexity index is 155. The van der Waals surface area contributed by atoms with Crippen LogP contribution in [0, 0.1) is 16.7 Å². The number of aliphatic carboxylic acids is 1. The maximum absolute atomic E-state index is 10.0. The highest BCUT2D eigenvalue weighted by Crippen LogP contribution is 2.17. The van der Waals surface area contributed by atoms with Crippen molar-refractivity contribution in [3.05, 3.63) is 0 Å². The molecular weight excluding hydrogens is 118 g/mol. The Balaban J connectivity index is 3.91. The average Bonchev–Trinajstić information content (AvgIpc) is 1.63. The van der Waals surface area contributed by atoms with E-state index in [0.717, 1.165) is 0 Å². The predicted molar refractivity (Wildman–Crippen MR) is 31.6 cm³/mol. The molecule has 0 spiro atoms. The number of rotatable bonds is 2. The van der Waals surface area contributed by atoms with Crippen LogP contribution in [0.5, 0.6) is 0 Å². The molecule has 0 fully saturated rings. The molecule has 0 aliphatic heterocycles. The predicted octanol–water partition coefficient (Wildman–Crippen LogP) is 1.01. The molecule has 0 heterocycles. The standard InChI is InChI=1S/C6H9NO2/c1-6(2,4-7)3-5(8)9/h3H2,1-2H3,(H,8,9). The van der Waals surface area contributed by atoms with Crippen LogP contribution in [0.1, 0.15) is 20.3 Å². The molecule has 0 atom stereocenters. The van der Waals surface area contributed by atoms with Gasteiger partial charge in [0.05, 0.1) is 17.9 Å². The van der Waals surface area contributed by atoms with Crippen LogP contribution in [0.3, 0.4) is 0 Å². The molecule has 0 aliphatic rings. The second-order valence-electron chi connectivity index (χ2n) is 2.57. The van der Waals surface area contributed by atoms with Gasteiger partial charge in [-0.25, -0.2) is 0 Å². The lowest BCUT2D eigenvalue weighted by Gasteiger charge is -2.09. The third-order valence-corrected chi connectivity index (χ3v) is 0.896. The molecule has 0 aliphatic carbocycles. The van der Waals surface area contributed by atoms with Crippen molar-refractivity contribution in [1.29, 1.82) is 5.26 Å². The fourth-order valence-electron chi connectivity index (χ4n) is 0.418. The van der Waals surface area contributed by atoms with Gasteiger partial charge in [0.15, 0.2) is 0 Å². The summed E-state index contributed by atoms with van der Waals surface area (Å²) in [6.07, 6.45) is -0.0938. The number of carboxylic acid groups (broad SMARTS) is 1. The first-order valence-corrected chi connectivity index (χ1v) is 2.61. The number of carbonyl (C=O) groups is 1. The zero-order valence-corrected chi connectivity index (χ0v) is 5.51. The van der Waals surface area contributed by atoms with Crippen molar-refractivity contribution in [1.82, 2.24) is 0 Å². The molecule has 0 radical (unpaired) electrons. The Morgan fingerprint density at radius 3 is 2.33 bits per heavy atom. The minimum atomic E-state index is -0.929. The molecule has 1 N–H and O–H groups in total. The van der Waals surface area contributed by atoms with Crippen molar-refractivity contribution in [3.63, 3.8) is 0 Å². The van der Waals surface area contributed by atoms with Gasteiger partial charge >= 0.3 is 5.97 Å².